The fourth-order valence-corrected chi connectivity index (χ4v) is 1.94. The second-order valence-corrected chi connectivity index (χ2v) is 3.85. The van der Waals surface area contributed by atoms with Crippen LogP contribution in [-0.4, -0.2) is 17.0 Å². The van der Waals surface area contributed by atoms with E-state index in [9.17, 15) is 0 Å². The molecule has 3 nitrogen and oxygen atoms in total. The van der Waals surface area contributed by atoms with E-state index in [1.807, 2.05) is 13.2 Å². The van der Waals surface area contributed by atoms with Gasteiger partial charge in [-0.2, -0.15) is 0 Å². The van der Waals surface area contributed by atoms with E-state index in [4.69, 9.17) is 0 Å². The number of nitrogens with zero attached hydrogens (tertiary/aromatic N) is 2. The lowest BCUT2D eigenvalue weighted by Crippen LogP contribution is -2.11. The van der Waals surface area contributed by atoms with Gasteiger partial charge in [-0.3, -0.25) is 0 Å². The molecule has 0 spiro atoms. The average Bonchev–Trinajstić information content (AvgIpc) is 2.42. The van der Waals surface area contributed by atoms with Crippen LogP contribution >= 0.6 is 0 Å². The van der Waals surface area contributed by atoms with Crippen LogP contribution in [0.1, 0.15) is 36.3 Å². The summed E-state index contributed by atoms with van der Waals surface area (Å²) in [5.74, 6) is 0.924. The Labute approximate surface area is 85.0 Å². The van der Waals surface area contributed by atoms with Crippen LogP contribution in [0.2, 0.25) is 0 Å². The van der Waals surface area contributed by atoms with Gasteiger partial charge >= 0.3 is 0 Å². The molecule has 14 heavy (non-hydrogen) atoms. The molecule has 0 aromatic carbocycles. The number of fused-ring (bicyclic) bond motifs is 1. The lowest BCUT2D eigenvalue weighted by atomic mass is 10.1. The normalized spacial score (nSPS) is 16.1. The van der Waals surface area contributed by atoms with Gasteiger partial charge in [0.25, 0.3) is 0 Å². The molecule has 0 unspecified atom stereocenters. The van der Waals surface area contributed by atoms with E-state index in [1.54, 1.807) is 0 Å². The van der Waals surface area contributed by atoms with Crippen LogP contribution in [0, 0.1) is 0 Å². The first-order valence-corrected chi connectivity index (χ1v) is 5.38. The lowest BCUT2D eigenvalue weighted by Gasteiger charge is -2.06. The van der Waals surface area contributed by atoms with Gasteiger partial charge in [-0.05, 0) is 38.3 Å². The van der Waals surface area contributed by atoms with E-state index in [0.717, 1.165) is 25.2 Å². The molecule has 1 N–H and O–H groups in total. The van der Waals surface area contributed by atoms with Crippen LogP contribution in [0.4, 0.5) is 0 Å². The van der Waals surface area contributed by atoms with Crippen molar-refractivity contribution in [1.82, 2.24) is 15.3 Å². The Kier molecular flexibility index (Phi) is 3.09. The van der Waals surface area contributed by atoms with Crippen molar-refractivity contribution in [3.63, 3.8) is 0 Å². The molecule has 0 aliphatic heterocycles. The summed E-state index contributed by atoms with van der Waals surface area (Å²) in [6.07, 6.45) is 8.21. The van der Waals surface area contributed by atoms with Gasteiger partial charge in [-0.1, -0.05) is 6.42 Å². The number of nitrogens with one attached hydrogen (secondary N) is 1. The smallest absolute Gasteiger partial charge is 0.142 e. The highest BCUT2D eigenvalue weighted by atomic mass is 14.9. The van der Waals surface area contributed by atoms with Crippen molar-refractivity contribution in [2.75, 3.05) is 7.05 Å². The molecule has 1 aromatic rings. The molecule has 0 fully saturated rings. The van der Waals surface area contributed by atoms with Gasteiger partial charge in [0, 0.05) is 11.9 Å². The average molecular weight is 191 g/mol. The summed E-state index contributed by atoms with van der Waals surface area (Å²) < 4.78 is 0. The maximum Gasteiger partial charge on any atom is 0.142 e. The summed E-state index contributed by atoms with van der Waals surface area (Å²) in [6.45, 7) is 0.771. The quantitative estimate of drug-likeness (QED) is 0.719. The highest BCUT2D eigenvalue weighted by Gasteiger charge is 2.10. The molecule has 1 aliphatic carbocycles. The molecule has 1 aliphatic rings. The molecule has 3 heteroatoms. The maximum absolute atomic E-state index is 4.59. The molecule has 76 valence electrons. The van der Waals surface area contributed by atoms with Gasteiger partial charge in [0.1, 0.15) is 5.82 Å². The summed E-state index contributed by atoms with van der Waals surface area (Å²) in [6, 6.07) is 0. The van der Waals surface area contributed by atoms with Crippen molar-refractivity contribution >= 4 is 0 Å². The largest absolute Gasteiger partial charge is 0.313 e. The Morgan fingerprint density at radius 1 is 1.29 bits per heavy atom. The molecule has 2 rings (SSSR count). The highest BCUT2D eigenvalue weighted by Crippen LogP contribution is 2.17. The fraction of sp³-hybridized carbons (Fsp3) is 0.636. The van der Waals surface area contributed by atoms with E-state index < -0.39 is 0 Å². The summed E-state index contributed by atoms with van der Waals surface area (Å²) in [5.41, 5.74) is 2.64. The standard InChI is InChI=1S/C11H17N3/c1-12-8-11-13-7-9-5-3-2-4-6-10(9)14-11/h7,12H,2-6,8H2,1H3. The predicted octanol–water partition coefficient (Wildman–Crippen LogP) is 1.46. The molecule has 0 atom stereocenters. The second kappa shape index (κ2) is 4.51. The zero-order valence-corrected chi connectivity index (χ0v) is 8.71. The van der Waals surface area contributed by atoms with Crippen LogP contribution in [0.15, 0.2) is 6.20 Å². The van der Waals surface area contributed by atoms with Crippen molar-refractivity contribution in [3.8, 4) is 0 Å². The van der Waals surface area contributed by atoms with Crippen molar-refractivity contribution in [1.29, 1.82) is 0 Å². The van der Waals surface area contributed by atoms with Gasteiger partial charge in [-0.25, -0.2) is 9.97 Å². The topological polar surface area (TPSA) is 37.8 Å². The molecule has 1 aromatic heterocycles. The molecule has 0 saturated heterocycles. The van der Waals surface area contributed by atoms with E-state index >= 15 is 0 Å². The minimum Gasteiger partial charge on any atom is -0.313 e. The summed E-state index contributed by atoms with van der Waals surface area (Å²) >= 11 is 0. The van der Waals surface area contributed by atoms with Crippen molar-refractivity contribution in [2.24, 2.45) is 0 Å². The van der Waals surface area contributed by atoms with Crippen LogP contribution in [0.5, 0.6) is 0 Å². The fourth-order valence-electron chi connectivity index (χ4n) is 1.94. The Hall–Kier alpha value is -0.960. The minimum absolute atomic E-state index is 0.771. The monoisotopic (exact) mass is 191 g/mol. The van der Waals surface area contributed by atoms with E-state index in [-0.39, 0.29) is 0 Å². The molecular formula is C11H17N3. The number of hydrogen-bond acceptors (Lipinski definition) is 3. The number of hydrogen-bond donors (Lipinski definition) is 1. The van der Waals surface area contributed by atoms with Gasteiger partial charge in [0.05, 0.1) is 6.54 Å². The van der Waals surface area contributed by atoms with Crippen molar-refractivity contribution in [2.45, 2.75) is 38.6 Å². The third kappa shape index (κ3) is 2.10. The van der Waals surface area contributed by atoms with Gasteiger partial charge < -0.3 is 5.32 Å². The Morgan fingerprint density at radius 2 is 2.14 bits per heavy atom. The SMILES string of the molecule is CNCc1ncc2c(n1)CCCCC2. The number of aryl methyl sites for hydroxylation is 2. The molecular weight excluding hydrogens is 174 g/mol. The summed E-state index contributed by atoms with van der Waals surface area (Å²) in [4.78, 5) is 8.94. The van der Waals surface area contributed by atoms with Crippen molar-refractivity contribution < 1.29 is 0 Å². The number of rotatable bonds is 2. The lowest BCUT2D eigenvalue weighted by molar-refractivity contribution is 0.705. The number of aromatic nitrogens is 2. The van der Waals surface area contributed by atoms with Crippen LogP contribution in [0.3, 0.4) is 0 Å². The predicted molar refractivity (Wildman–Crippen MR) is 56.1 cm³/mol. The third-order valence-electron chi connectivity index (χ3n) is 2.70. The first-order chi connectivity index (χ1) is 6.90. The Balaban J connectivity index is 2.23. The van der Waals surface area contributed by atoms with Gasteiger partial charge in [0.2, 0.25) is 0 Å². The van der Waals surface area contributed by atoms with Crippen LogP contribution < -0.4 is 5.32 Å². The van der Waals surface area contributed by atoms with Crippen molar-refractivity contribution in [3.05, 3.63) is 23.3 Å². The van der Waals surface area contributed by atoms with Crippen LogP contribution in [-0.2, 0) is 19.4 Å². The molecule has 0 bridgehead atoms. The van der Waals surface area contributed by atoms with Gasteiger partial charge in [-0.15, -0.1) is 0 Å². The minimum atomic E-state index is 0.771. The zero-order chi connectivity index (χ0) is 9.80. The van der Waals surface area contributed by atoms with E-state index in [0.29, 0.717) is 0 Å². The second-order valence-electron chi connectivity index (χ2n) is 3.85. The summed E-state index contributed by atoms with van der Waals surface area (Å²) in [7, 11) is 1.93. The van der Waals surface area contributed by atoms with Crippen LogP contribution in [0.25, 0.3) is 0 Å². The molecule has 1 heterocycles. The molecule has 0 saturated carbocycles. The third-order valence-corrected chi connectivity index (χ3v) is 2.70. The summed E-state index contributed by atoms with van der Waals surface area (Å²) in [5, 5.41) is 3.08. The first kappa shape index (κ1) is 9.59. The van der Waals surface area contributed by atoms with E-state index in [2.05, 4.69) is 15.3 Å². The Morgan fingerprint density at radius 3 is 3.00 bits per heavy atom. The first-order valence-electron chi connectivity index (χ1n) is 5.38. The zero-order valence-electron chi connectivity index (χ0n) is 8.71. The van der Waals surface area contributed by atoms with E-state index in [1.165, 1.54) is 30.5 Å². The Bertz CT molecular complexity index is 309. The maximum atomic E-state index is 4.59. The molecule has 0 amide bonds. The highest BCUT2D eigenvalue weighted by molar-refractivity contribution is 5.19. The van der Waals surface area contributed by atoms with Gasteiger partial charge in [0.15, 0.2) is 0 Å². The molecule has 0 radical (unpaired) electrons.